The van der Waals surface area contributed by atoms with Gasteiger partial charge in [0, 0.05) is 49.4 Å². The van der Waals surface area contributed by atoms with Crippen LogP contribution >= 0.6 is 0 Å². The van der Waals surface area contributed by atoms with Crippen LogP contribution in [0.5, 0.6) is 0 Å². The molecular formula is C24H30N8O. The van der Waals surface area contributed by atoms with Gasteiger partial charge in [-0.3, -0.25) is 4.99 Å². The minimum Gasteiger partial charge on any atom is -0.395 e. The van der Waals surface area contributed by atoms with E-state index in [2.05, 4.69) is 48.1 Å². The first-order chi connectivity index (χ1) is 16.1. The van der Waals surface area contributed by atoms with Crippen LogP contribution in [0.25, 0.3) is 0 Å². The van der Waals surface area contributed by atoms with E-state index >= 15 is 0 Å². The molecule has 1 aromatic rings. The van der Waals surface area contributed by atoms with Crippen LogP contribution < -0.4 is 21.7 Å². The highest BCUT2D eigenvalue weighted by molar-refractivity contribution is 5.74. The zero-order valence-electron chi connectivity index (χ0n) is 18.9. The summed E-state index contributed by atoms with van der Waals surface area (Å²) < 4.78 is 0. The van der Waals surface area contributed by atoms with Crippen molar-refractivity contribution in [2.24, 2.45) is 9.98 Å². The Labute approximate surface area is 194 Å². The maximum absolute atomic E-state index is 9.04. The van der Waals surface area contributed by atoms with E-state index in [9.17, 15) is 0 Å². The molecule has 0 saturated heterocycles. The number of aliphatic hydroxyl groups is 1. The second kappa shape index (κ2) is 12.2. The zero-order valence-corrected chi connectivity index (χ0v) is 18.9. The third kappa shape index (κ3) is 7.29. The van der Waals surface area contributed by atoms with Gasteiger partial charge in [0.05, 0.1) is 12.8 Å². The Balaban J connectivity index is 1.73. The van der Waals surface area contributed by atoms with Crippen LogP contribution in [0.2, 0.25) is 0 Å². The molecule has 0 fully saturated rings. The minimum atomic E-state index is 0.0389. The number of hydrogen-bond donors (Lipinski definition) is 5. The minimum absolute atomic E-state index is 0.0389. The molecule has 172 valence electrons. The van der Waals surface area contributed by atoms with Crippen molar-refractivity contribution in [1.29, 1.82) is 0 Å². The molecule has 0 radical (unpaired) electrons. The van der Waals surface area contributed by atoms with E-state index in [-0.39, 0.29) is 6.61 Å². The Morgan fingerprint density at radius 3 is 2.97 bits per heavy atom. The number of fused-ring (bicyclic) bond motifs is 2. The van der Waals surface area contributed by atoms with Crippen molar-refractivity contribution in [3.63, 3.8) is 0 Å². The first-order valence-electron chi connectivity index (χ1n) is 10.8. The molecule has 1 aliphatic carbocycles. The number of nitrogens with two attached hydrogens (primary N) is 1. The SMILES string of the molecule is CC=N/C(=C\C(=C/C)NCCO)Nc1cnc(N)c(NCC2=CC=C3CC(=C2)C=CC=N3)n1. The summed E-state index contributed by atoms with van der Waals surface area (Å²) >= 11 is 0. The lowest BCUT2D eigenvalue weighted by atomic mass is 10.1. The third-order valence-electron chi connectivity index (χ3n) is 4.71. The number of hydrogen-bond acceptors (Lipinski definition) is 9. The first-order valence-corrected chi connectivity index (χ1v) is 10.8. The average Bonchev–Trinajstić information content (AvgIpc) is 3.16. The zero-order chi connectivity index (χ0) is 23.5. The maximum atomic E-state index is 9.04. The molecule has 9 nitrogen and oxygen atoms in total. The van der Waals surface area contributed by atoms with Crippen molar-refractivity contribution < 1.29 is 5.11 Å². The van der Waals surface area contributed by atoms with E-state index in [1.807, 2.05) is 50.4 Å². The monoisotopic (exact) mass is 446 g/mol. The summed E-state index contributed by atoms with van der Waals surface area (Å²) in [7, 11) is 0. The van der Waals surface area contributed by atoms with Gasteiger partial charge in [-0.1, -0.05) is 24.3 Å². The van der Waals surface area contributed by atoms with Crippen molar-refractivity contribution in [3.05, 3.63) is 77.1 Å². The molecule has 2 heterocycles. The van der Waals surface area contributed by atoms with Gasteiger partial charge in [-0.15, -0.1) is 0 Å². The molecule has 9 heteroatoms. The number of rotatable bonds is 10. The lowest BCUT2D eigenvalue weighted by molar-refractivity contribution is 0.297. The number of aliphatic hydroxyl groups excluding tert-OH is 1. The highest BCUT2D eigenvalue weighted by Gasteiger charge is 2.09. The normalized spacial score (nSPS) is 16.0. The maximum Gasteiger partial charge on any atom is 0.171 e. The summed E-state index contributed by atoms with van der Waals surface area (Å²) in [4.78, 5) is 17.6. The molecule has 2 aliphatic rings. The van der Waals surface area contributed by atoms with Crippen LogP contribution in [0.4, 0.5) is 17.5 Å². The smallest absolute Gasteiger partial charge is 0.171 e. The van der Waals surface area contributed by atoms with Crippen LogP contribution in [0.3, 0.4) is 0 Å². The molecule has 3 rings (SSSR count). The van der Waals surface area contributed by atoms with Gasteiger partial charge in [0.1, 0.15) is 5.82 Å². The standard InChI is InChI=1S/C24H30N8O/c1-3-19(28-10-11-33)14-21(26-4-2)31-22-16-29-23(25)24(32-22)30-15-18-7-8-20-13-17(12-18)6-5-9-27-20/h3-9,12,14,16,28,33H,10-11,13,15H2,1-2H3,(H2,25,29)(H2,30,31,32)/b19-3+,21-14+,26-4?. The Bertz CT molecular complexity index is 1090. The molecule has 0 saturated carbocycles. The lowest BCUT2D eigenvalue weighted by Crippen LogP contribution is -2.17. The van der Waals surface area contributed by atoms with E-state index in [1.165, 1.54) is 5.57 Å². The van der Waals surface area contributed by atoms with E-state index in [0.717, 1.165) is 23.4 Å². The molecule has 33 heavy (non-hydrogen) atoms. The van der Waals surface area contributed by atoms with E-state index in [0.29, 0.717) is 36.4 Å². The number of anilines is 3. The topological polar surface area (TPSA) is 133 Å². The van der Waals surface area contributed by atoms with E-state index < -0.39 is 0 Å². The van der Waals surface area contributed by atoms with Gasteiger partial charge < -0.3 is 26.8 Å². The number of aromatic nitrogens is 2. The molecule has 0 spiro atoms. The van der Waals surface area contributed by atoms with Crippen LogP contribution in [-0.2, 0) is 0 Å². The molecule has 0 aromatic carbocycles. The largest absolute Gasteiger partial charge is 0.395 e. The molecule has 6 N–H and O–H groups in total. The van der Waals surface area contributed by atoms with E-state index in [1.54, 1.807) is 12.4 Å². The van der Waals surface area contributed by atoms with Gasteiger partial charge in [0.15, 0.2) is 17.5 Å². The number of nitrogens with zero attached hydrogens (tertiary/aromatic N) is 4. The Morgan fingerprint density at radius 2 is 2.18 bits per heavy atom. The third-order valence-corrected chi connectivity index (χ3v) is 4.71. The second-order valence-electron chi connectivity index (χ2n) is 7.21. The summed E-state index contributed by atoms with van der Waals surface area (Å²) in [6.45, 7) is 4.75. The molecule has 0 amide bonds. The summed E-state index contributed by atoms with van der Waals surface area (Å²) in [5.74, 6) is 1.86. The highest BCUT2D eigenvalue weighted by Crippen LogP contribution is 2.23. The Kier molecular flexibility index (Phi) is 8.72. The van der Waals surface area contributed by atoms with Gasteiger partial charge in [0.25, 0.3) is 0 Å². The fraction of sp³-hybridized carbons (Fsp3) is 0.250. The summed E-state index contributed by atoms with van der Waals surface area (Å²) in [5, 5.41) is 18.6. The van der Waals surface area contributed by atoms with Crippen LogP contribution in [0.15, 0.2) is 87.1 Å². The molecule has 0 atom stereocenters. The fourth-order valence-corrected chi connectivity index (χ4v) is 3.15. The second-order valence-corrected chi connectivity index (χ2v) is 7.21. The van der Waals surface area contributed by atoms with Gasteiger partial charge in [0.2, 0.25) is 0 Å². The number of aliphatic imine (C=N–C) groups is 2. The predicted octanol–water partition coefficient (Wildman–Crippen LogP) is 3.08. The van der Waals surface area contributed by atoms with Crippen LogP contribution in [-0.4, -0.2) is 47.2 Å². The first kappa shape index (κ1) is 23.7. The van der Waals surface area contributed by atoms with Crippen molar-refractivity contribution in [2.45, 2.75) is 20.3 Å². The fourth-order valence-electron chi connectivity index (χ4n) is 3.15. The van der Waals surface area contributed by atoms with Crippen molar-refractivity contribution in [2.75, 3.05) is 36.1 Å². The summed E-state index contributed by atoms with van der Waals surface area (Å²) in [6.07, 6.45) is 19.8. The molecule has 1 aliphatic heterocycles. The number of nitrogens with one attached hydrogen (secondary N) is 3. The van der Waals surface area contributed by atoms with Crippen molar-refractivity contribution in [1.82, 2.24) is 15.3 Å². The summed E-state index contributed by atoms with van der Waals surface area (Å²) in [5.41, 5.74) is 10.2. The molecule has 2 bridgehead atoms. The molecule has 1 aromatic heterocycles. The van der Waals surface area contributed by atoms with Crippen LogP contribution in [0.1, 0.15) is 20.3 Å². The Morgan fingerprint density at radius 1 is 1.30 bits per heavy atom. The predicted molar refractivity (Wildman–Crippen MR) is 136 cm³/mol. The summed E-state index contributed by atoms with van der Waals surface area (Å²) in [6, 6.07) is 0. The number of allylic oxidation sites excluding steroid dienone is 7. The van der Waals surface area contributed by atoms with Crippen LogP contribution in [0, 0.1) is 0 Å². The van der Waals surface area contributed by atoms with Gasteiger partial charge >= 0.3 is 0 Å². The van der Waals surface area contributed by atoms with E-state index in [4.69, 9.17) is 10.8 Å². The van der Waals surface area contributed by atoms with Gasteiger partial charge in [-0.25, -0.2) is 15.0 Å². The molecule has 0 unspecified atom stereocenters. The number of nitrogen functional groups attached to an aromatic ring is 1. The van der Waals surface area contributed by atoms with Gasteiger partial charge in [-0.05, 0) is 37.1 Å². The van der Waals surface area contributed by atoms with Crippen molar-refractivity contribution >= 4 is 29.9 Å². The highest BCUT2D eigenvalue weighted by atomic mass is 16.3. The lowest BCUT2D eigenvalue weighted by Gasteiger charge is -2.12. The molecular weight excluding hydrogens is 416 g/mol. The quantitative estimate of drug-likeness (QED) is 0.275. The van der Waals surface area contributed by atoms with Crippen molar-refractivity contribution in [3.8, 4) is 0 Å². The average molecular weight is 447 g/mol. The Hall–Kier alpha value is -3.98. The van der Waals surface area contributed by atoms with Gasteiger partial charge in [-0.2, -0.15) is 0 Å².